The third-order valence-electron chi connectivity index (χ3n) is 1.25. The van der Waals surface area contributed by atoms with Gasteiger partial charge in [-0.2, -0.15) is 11.8 Å². The van der Waals surface area contributed by atoms with E-state index >= 15 is 0 Å². The van der Waals surface area contributed by atoms with E-state index in [9.17, 15) is 27.6 Å². The predicted molar refractivity (Wildman–Crippen MR) is 204 cm³/mol. The van der Waals surface area contributed by atoms with Gasteiger partial charge in [0, 0.05) is 54.7 Å². The average molecular weight is 699 g/mol. The first-order valence-electron chi connectivity index (χ1n) is 9.90. The molecule has 0 aliphatic heterocycles. The fourth-order valence-corrected chi connectivity index (χ4v) is 0.0833. The van der Waals surface area contributed by atoms with Gasteiger partial charge in [-0.05, 0) is 47.5 Å². The molecule has 0 heterocycles. The number of sulfone groups is 1. The Hall–Kier alpha value is -1.90. The Morgan fingerprint density at radius 2 is 0.659 bits per heavy atom. The normalized spacial score (nSPS) is 6.34. The summed E-state index contributed by atoms with van der Waals surface area (Å²) in [6.07, 6.45) is 5.75. The zero-order chi connectivity index (χ0) is 31.5. The van der Waals surface area contributed by atoms with E-state index in [1.807, 2.05) is 38.6 Å². The number of Topliss-reactive ketones (excluding diaryl/α,β-unsaturated/α-hetero) is 1. The maximum atomic E-state index is 10.1. The van der Waals surface area contributed by atoms with Gasteiger partial charge in [0.1, 0.15) is 15.6 Å². The standard InChI is InChI=1S/C4H9NO.C3H9N.C3H6O3.C3H6O2.C3H6O.C2H6O2S.C2H6O.C2H6S.8CH4/c1-4(6)5(2)3;1-4(2)3;1-5-3(4)6-2;1-3(4)5-2;1-3(2)4;1-5(2,3)4;2*1-3-2;;;;;;;;/h1-3H3;1-3H3;1-2H3;1-2H3;1-2H3;1-2H3;2*1-2H3;8*1H4. The second-order valence-corrected chi connectivity index (χ2v) is 10.1. The molecule has 12 nitrogen and oxygen atoms in total. The molecule has 0 aliphatic carbocycles. The SMILES string of the molecule is C.C.C.C.C.C.C.C.CC(=O)N(C)C.CC(C)=O.CN(C)C.COC.COC(=O)OC.COC(C)=O.CS(C)(=O)=O.CSC. The van der Waals surface area contributed by atoms with Crippen molar-refractivity contribution in [2.24, 2.45) is 0 Å². The van der Waals surface area contributed by atoms with Crippen LogP contribution in [0.5, 0.6) is 0 Å². The van der Waals surface area contributed by atoms with Gasteiger partial charge in [0.25, 0.3) is 0 Å². The molecule has 0 aromatic heterocycles. The molecule has 1 amide bonds. The number of nitrogens with zero attached hydrogens (tertiary/aromatic N) is 2. The highest BCUT2D eigenvalue weighted by atomic mass is 32.2. The molecule has 0 unspecified atom stereocenters. The van der Waals surface area contributed by atoms with Crippen molar-refractivity contribution >= 4 is 45.4 Å². The fraction of sp³-hybridized carbons (Fsp3) is 0.867. The Bertz CT molecular complexity index is 549. The van der Waals surface area contributed by atoms with E-state index in [0.29, 0.717) is 0 Å². The molecule has 0 aliphatic rings. The zero-order valence-corrected chi connectivity index (χ0v) is 27.4. The first kappa shape index (κ1) is 104. The summed E-state index contributed by atoms with van der Waals surface area (Å²) in [5, 5.41) is 0. The minimum Gasteiger partial charge on any atom is -0.469 e. The Morgan fingerprint density at radius 3 is 0.659 bits per heavy atom. The Labute approximate surface area is 284 Å². The summed E-state index contributed by atoms with van der Waals surface area (Å²) in [5.41, 5.74) is 0. The predicted octanol–water partition coefficient (Wildman–Crippen LogP) is 7.44. The van der Waals surface area contributed by atoms with Gasteiger partial charge in [-0.1, -0.05) is 59.4 Å². The third-order valence-corrected chi connectivity index (χ3v) is 1.25. The van der Waals surface area contributed by atoms with E-state index in [0.717, 1.165) is 12.5 Å². The molecule has 0 aromatic carbocycles. The molecule has 14 heteroatoms. The van der Waals surface area contributed by atoms with Crippen molar-refractivity contribution in [2.45, 2.75) is 87.1 Å². The fourth-order valence-electron chi connectivity index (χ4n) is 0.0833. The molecular formula is C30H86N2O10S2. The van der Waals surface area contributed by atoms with Crippen molar-refractivity contribution in [3.63, 3.8) is 0 Å². The molecule has 0 rings (SSSR count). The van der Waals surface area contributed by atoms with Crippen molar-refractivity contribution in [1.82, 2.24) is 9.80 Å². The van der Waals surface area contributed by atoms with Crippen LogP contribution in [0.15, 0.2) is 0 Å². The molecule has 0 spiro atoms. The maximum absolute atomic E-state index is 10.1. The molecule has 0 saturated heterocycles. The number of ketones is 1. The van der Waals surface area contributed by atoms with Gasteiger partial charge >= 0.3 is 12.1 Å². The number of ether oxygens (including phenoxy) is 4. The lowest BCUT2D eigenvalue weighted by molar-refractivity contribution is -0.138. The zero-order valence-electron chi connectivity index (χ0n) is 25.8. The van der Waals surface area contributed by atoms with E-state index < -0.39 is 16.0 Å². The number of esters is 1. The largest absolute Gasteiger partial charge is 0.507 e. The first-order valence-corrected chi connectivity index (χ1v) is 13.8. The molecule has 0 saturated carbocycles. The summed E-state index contributed by atoms with van der Waals surface area (Å²) in [6.45, 7) is 5.94. The highest BCUT2D eigenvalue weighted by Gasteiger charge is 1.89. The summed E-state index contributed by atoms with van der Waals surface area (Å²) in [6, 6.07) is 0. The number of thioether (sulfide) groups is 1. The summed E-state index contributed by atoms with van der Waals surface area (Å²) in [4.78, 5) is 42.4. The number of rotatable bonds is 0. The lowest BCUT2D eigenvalue weighted by atomic mass is 10.6. The second-order valence-electron chi connectivity index (χ2n) is 6.98. The molecule has 0 radical (unpaired) electrons. The van der Waals surface area contributed by atoms with Crippen LogP contribution in [-0.2, 0) is 43.2 Å². The summed E-state index contributed by atoms with van der Waals surface area (Å²) in [5.74, 6) is 0.0139. The van der Waals surface area contributed by atoms with Crippen LogP contribution in [-0.4, -0.2) is 138 Å². The summed E-state index contributed by atoms with van der Waals surface area (Å²) in [7, 11) is 13.9. The number of hydrogen-bond acceptors (Lipinski definition) is 12. The molecule has 0 N–H and O–H groups in total. The quantitative estimate of drug-likeness (QED) is 0.232. The first-order chi connectivity index (χ1) is 16.0. The van der Waals surface area contributed by atoms with Crippen molar-refractivity contribution in [3.05, 3.63) is 0 Å². The van der Waals surface area contributed by atoms with E-state index in [4.69, 9.17) is 0 Å². The second kappa shape index (κ2) is 90.0. The lowest BCUT2D eigenvalue weighted by Crippen LogP contribution is -2.17. The van der Waals surface area contributed by atoms with Crippen LogP contribution in [0.3, 0.4) is 0 Å². The summed E-state index contributed by atoms with van der Waals surface area (Å²) < 4.78 is 35.7. The highest BCUT2D eigenvalue weighted by molar-refractivity contribution is 7.97. The van der Waals surface area contributed by atoms with Crippen LogP contribution < -0.4 is 0 Å². The summed E-state index contributed by atoms with van der Waals surface area (Å²) >= 11 is 1.75. The topological polar surface area (TPSA) is 146 Å². The number of carbonyl (C=O) groups excluding carboxylic acids is 4. The minimum absolute atomic E-state index is 0. The van der Waals surface area contributed by atoms with Crippen molar-refractivity contribution in [2.75, 3.05) is 95.8 Å². The molecular weight excluding hydrogens is 612 g/mol. The van der Waals surface area contributed by atoms with Gasteiger partial charge in [-0.25, -0.2) is 13.2 Å². The van der Waals surface area contributed by atoms with Crippen molar-refractivity contribution in [1.29, 1.82) is 0 Å². The lowest BCUT2D eigenvalue weighted by Gasteiger charge is -2.02. The molecule has 0 atom stereocenters. The Balaban J connectivity index is -0.0000000143. The van der Waals surface area contributed by atoms with E-state index in [1.54, 1.807) is 40.1 Å². The number of hydrogen-bond donors (Lipinski definition) is 0. The van der Waals surface area contributed by atoms with Crippen molar-refractivity contribution in [3.8, 4) is 0 Å². The van der Waals surface area contributed by atoms with Crippen LogP contribution >= 0.6 is 11.8 Å². The molecule has 44 heavy (non-hydrogen) atoms. The van der Waals surface area contributed by atoms with Crippen LogP contribution in [0.25, 0.3) is 0 Å². The Kier molecular flexibility index (Phi) is 214. The van der Waals surface area contributed by atoms with Gasteiger partial charge in [0.05, 0.1) is 21.3 Å². The van der Waals surface area contributed by atoms with E-state index in [-0.39, 0.29) is 77.1 Å². The minimum atomic E-state index is -2.67. The van der Waals surface area contributed by atoms with Crippen LogP contribution in [0.1, 0.15) is 87.1 Å². The van der Waals surface area contributed by atoms with E-state index in [2.05, 4.69) is 18.9 Å². The van der Waals surface area contributed by atoms with Gasteiger partial charge in [-0.15, -0.1) is 0 Å². The number of methoxy groups -OCH3 is 4. The third kappa shape index (κ3) is 934. The van der Waals surface area contributed by atoms with E-state index in [1.165, 1.54) is 53.9 Å². The van der Waals surface area contributed by atoms with Gasteiger partial charge in [-0.3, -0.25) is 9.59 Å². The van der Waals surface area contributed by atoms with Gasteiger partial charge in [0.15, 0.2) is 0 Å². The number of amides is 1. The molecule has 0 bridgehead atoms. The van der Waals surface area contributed by atoms with Gasteiger partial charge in [0.2, 0.25) is 5.91 Å². The maximum Gasteiger partial charge on any atom is 0.507 e. The molecule has 0 aromatic rings. The van der Waals surface area contributed by atoms with Gasteiger partial charge < -0.3 is 33.5 Å². The Morgan fingerprint density at radius 1 is 0.568 bits per heavy atom. The number of carbonyl (C=O) groups is 4. The monoisotopic (exact) mass is 699 g/mol. The molecule has 288 valence electrons. The van der Waals surface area contributed by atoms with Crippen molar-refractivity contribution < 1.29 is 46.5 Å². The van der Waals surface area contributed by atoms with Crippen LogP contribution in [0.4, 0.5) is 4.79 Å². The smallest absolute Gasteiger partial charge is 0.469 e. The molecule has 0 fully saturated rings. The van der Waals surface area contributed by atoms with Crippen LogP contribution in [0, 0.1) is 0 Å². The van der Waals surface area contributed by atoms with Crippen LogP contribution in [0.2, 0.25) is 0 Å². The average Bonchev–Trinajstić information content (AvgIpc) is 2.67. The highest BCUT2D eigenvalue weighted by Crippen LogP contribution is 1.72.